The molecule has 9 saturated heterocycles. The van der Waals surface area contributed by atoms with Crippen LogP contribution in [0.1, 0.15) is 13.3 Å². The zero-order valence-electron chi connectivity index (χ0n) is 61.1. The summed E-state index contributed by atoms with van der Waals surface area (Å²) in [6.45, 7) is -8.73. The largest absolute Gasteiger partial charge is 0.477 e. The second kappa shape index (κ2) is 41.1. The van der Waals surface area contributed by atoms with Crippen molar-refractivity contribution in [3.05, 3.63) is 0 Å². The Morgan fingerprint density at radius 3 is 1.44 bits per heavy atom. The Morgan fingerprint density at radius 1 is 0.427 bits per heavy atom. The quantitative estimate of drug-likeness (QED) is 0.0271. The molecule has 117 heavy (non-hydrogen) atoms. The van der Waals surface area contributed by atoms with E-state index in [-0.39, 0.29) is 0 Å². The lowest BCUT2D eigenvalue weighted by atomic mass is 9.91. The van der Waals surface area contributed by atoms with E-state index in [4.69, 9.17) is 113 Å². The number of rotatable bonds is 33. The number of hydrogen-bond acceptors (Lipinski definition) is 51. The molecule has 0 saturated carbocycles. The van der Waals surface area contributed by atoms with E-state index < -0.39 is 375 Å². The second-order valence-corrected chi connectivity index (χ2v) is 31.5. The fraction of sp³-hybridized carbons (Fsp3) is 0.983. The lowest BCUT2D eigenvalue weighted by Gasteiger charge is -2.52. The molecule has 9 aliphatic rings. The first-order chi connectivity index (χ1) is 54.7. The van der Waals surface area contributed by atoms with Crippen molar-refractivity contribution in [1.29, 1.82) is 0 Å². The van der Waals surface area contributed by atoms with E-state index in [1.165, 1.54) is 6.92 Å². The number of aliphatic hydroxyl groups excluding tert-OH is 25. The smallest absolute Gasteiger partial charge is 0.470 e. The molecule has 0 unspecified atom stereocenters. The van der Waals surface area contributed by atoms with Crippen molar-refractivity contribution < 1.29 is 256 Å². The van der Waals surface area contributed by atoms with Crippen LogP contribution in [-0.2, 0) is 103 Å². The maximum atomic E-state index is 13.9. The zero-order valence-corrected chi connectivity index (χ0v) is 62.9. The highest BCUT2D eigenvalue weighted by Gasteiger charge is 2.64. The third-order valence-corrected chi connectivity index (χ3v) is 22.1. The molecule has 0 aromatic carbocycles. The van der Waals surface area contributed by atoms with Gasteiger partial charge in [-0.3, -0.25) is 9.05 Å². The molecule has 0 spiro atoms. The second-order valence-electron chi connectivity index (χ2n) is 29.1. The molecule has 9 fully saturated rings. The van der Waals surface area contributed by atoms with Crippen molar-refractivity contribution in [1.82, 2.24) is 0 Å². The number of aliphatic carboxylic acids is 1. The highest BCUT2D eigenvalue weighted by atomic mass is 31.2. The van der Waals surface area contributed by atoms with Crippen LogP contribution in [0.25, 0.3) is 0 Å². The number of carboxylic acid groups (broad SMARTS) is 1. The summed E-state index contributed by atoms with van der Waals surface area (Å²) in [5.41, 5.74) is 24.4. The van der Waals surface area contributed by atoms with Gasteiger partial charge in [0, 0.05) is 13.0 Å². The molecule has 9 rings (SSSR count). The van der Waals surface area contributed by atoms with E-state index in [1.807, 2.05) is 0 Å². The molecule has 48 atom stereocenters. The van der Waals surface area contributed by atoms with Gasteiger partial charge in [-0.05, 0) is 6.92 Å². The zero-order chi connectivity index (χ0) is 87.0. The number of phosphoric acid groups is 2. The molecule has 56 nitrogen and oxygen atoms in total. The minimum atomic E-state index is -6.26. The van der Waals surface area contributed by atoms with E-state index in [0.717, 1.165) is 0 Å². The summed E-state index contributed by atoms with van der Waals surface area (Å²) in [6.07, 6.45) is -103. The molecule has 9 heterocycles. The van der Waals surface area contributed by atoms with E-state index >= 15 is 0 Å². The van der Waals surface area contributed by atoms with Crippen LogP contribution in [0.2, 0.25) is 0 Å². The van der Waals surface area contributed by atoms with Crippen molar-refractivity contribution in [2.24, 2.45) is 22.9 Å². The maximum Gasteiger partial charge on any atom is 0.470 e. The number of aliphatic hydroxyl groups is 25. The number of phosphoric ester groups is 2. The van der Waals surface area contributed by atoms with Crippen molar-refractivity contribution in [3.8, 4) is 0 Å². The fourth-order valence-electron chi connectivity index (χ4n) is 14.4. The fourth-order valence-corrected chi connectivity index (χ4v) is 15.5. The Balaban J connectivity index is 1.14. The summed E-state index contributed by atoms with van der Waals surface area (Å²) in [7, 11) is -12.1. The van der Waals surface area contributed by atoms with Gasteiger partial charge in [0.25, 0.3) is 5.79 Å². The van der Waals surface area contributed by atoms with Gasteiger partial charge in [0.2, 0.25) is 0 Å². The Kier molecular flexibility index (Phi) is 34.6. The normalized spacial score (nSPS) is 49.0. The van der Waals surface area contributed by atoms with Crippen LogP contribution in [-0.4, -0.2) is 505 Å². The topological polar surface area (TPSA) is 938 Å². The van der Waals surface area contributed by atoms with Gasteiger partial charge in [0.1, 0.15) is 208 Å². The molecule has 0 aromatic heterocycles. The molecule has 684 valence electrons. The van der Waals surface area contributed by atoms with Gasteiger partial charge in [0.05, 0.1) is 76.6 Å². The number of carbonyl (C=O) groups is 1. The third kappa shape index (κ3) is 22.1. The van der Waals surface area contributed by atoms with Crippen molar-refractivity contribution in [2.75, 3.05) is 52.8 Å². The maximum absolute atomic E-state index is 13.9. The van der Waals surface area contributed by atoms with Gasteiger partial charge in [-0.1, -0.05) is 0 Å². The van der Waals surface area contributed by atoms with Crippen LogP contribution in [0.3, 0.4) is 0 Å². The molecule has 0 bridgehead atoms. The first kappa shape index (κ1) is 98.6. The standard InChI is InChI=1S/C59H106N4O52P2/c1-11-24(71)30(77)38(85)53(100-11)110-47-23(63)52(102-17(7-67)27(47)74)98-9-19(105-56-48(36(83)34(81)42(107-56)14(70)5-65)111-54-39(86)31(78)25(72)16(6-66)103-54)44-35(82)37(84)49(112-55-40(87)32(79)33(80)41(106-55)13(69)4-64)57(108-44)109-46-15(114-116(91,92)93)2-59(58(89)90,113-43(46)12(68)3-60)99-10-20-45(115-117(94,95)96)29(76)22(62)51(104-20)97-8-18-26(73)28(75)21(61)50(88)101-18/h11-57,64-88H,2-10,60-63H2,1H3,(H,89,90)(H2,91,92,93)(H2,94,95,96)/t11-,12+,13-,14-,15-,16+,17+,18+,19+,20+,21+,22+,23+,24-,25+,26+,27+,28+,29+,30+,31-,32-,33-,34-,35-,36-,37-,38+,39+,40-,41+,42+,43+,44+,45+,46+,47+,48-,49-,50-,51+,52+,53-,54+,55+,56-,57+,59+/m0/s1. The molecule has 9 aliphatic heterocycles. The van der Waals surface area contributed by atoms with Crippen molar-refractivity contribution in [3.63, 3.8) is 0 Å². The van der Waals surface area contributed by atoms with Crippen LogP contribution in [0.5, 0.6) is 0 Å². The van der Waals surface area contributed by atoms with Crippen LogP contribution >= 0.6 is 15.6 Å². The minimum Gasteiger partial charge on any atom is -0.477 e. The highest BCUT2D eigenvalue weighted by molar-refractivity contribution is 7.46. The number of nitrogens with two attached hydrogens (primary N) is 4. The summed E-state index contributed by atoms with van der Waals surface area (Å²) < 4.78 is 135. The molecular weight excluding hydrogens is 1660 g/mol. The molecule has 0 aliphatic carbocycles. The number of ether oxygens (including phenoxy) is 17. The summed E-state index contributed by atoms with van der Waals surface area (Å²) in [5, 5.41) is 287. The van der Waals surface area contributed by atoms with Gasteiger partial charge in [0.15, 0.2) is 50.3 Å². The summed E-state index contributed by atoms with van der Waals surface area (Å²) >= 11 is 0. The molecule has 58 heteroatoms. The number of carboxylic acids is 1. The average Bonchev–Trinajstić information content (AvgIpc) is 0.746. The predicted molar refractivity (Wildman–Crippen MR) is 355 cm³/mol. The van der Waals surface area contributed by atoms with Crippen LogP contribution in [0, 0.1) is 0 Å². The van der Waals surface area contributed by atoms with Gasteiger partial charge in [-0.15, -0.1) is 0 Å². The minimum absolute atomic E-state index is 0.927. The molecule has 0 aromatic rings. The van der Waals surface area contributed by atoms with Gasteiger partial charge < -0.3 is 256 Å². The Labute approximate surface area is 658 Å². The Morgan fingerprint density at radius 2 is 0.889 bits per heavy atom. The van der Waals surface area contributed by atoms with Gasteiger partial charge >= 0.3 is 21.6 Å². The molecule has 0 radical (unpaired) electrons. The van der Waals surface area contributed by atoms with Gasteiger partial charge in [-0.2, -0.15) is 0 Å². The first-order valence-electron chi connectivity index (χ1n) is 36.2. The monoisotopic (exact) mass is 1760 g/mol. The first-order valence-corrected chi connectivity index (χ1v) is 39.2. The number of hydrogen-bond donors (Lipinski definition) is 34. The van der Waals surface area contributed by atoms with Crippen LogP contribution in [0.15, 0.2) is 0 Å². The van der Waals surface area contributed by atoms with Gasteiger partial charge in [-0.25, -0.2) is 13.9 Å². The highest BCUT2D eigenvalue weighted by Crippen LogP contribution is 2.48. The van der Waals surface area contributed by atoms with E-state index in [0.29, 0.717) is 0 Å². The SMILES string of the molecule is C[C@@H]1O[C@@H](O[C@@H]2[C@@H](N)[C@H](OC[C@@H](O[C@H]3O[C@H]([C@@H](O)CO)[C@@H](O)[C@H](O)[C@@H]3O[C@H]3O[C@H](CO)[C@@H](O)[C@H](O)[C@H]3O)[C@H]3O[C@H](O[C@H]4[C@@H]([C@H](O)CN)O[C@@](OC[C@H]5O[C@@H](OC[C@H]6O[C@H](O)[C@H](N)[C@@H](O)[C@@H]6O)[C@H](N)[C@@H](O)[C@@H]5OP(=O)(O)O)(C(=O)O)C[C@@H]4OP(=O)(O)O)[C@@H](O[C@H]4O[C@H]([C@@H](O)CO)[C@@H](O)[C@H](O)[C@@H]4O)[C@@H](O)[C@@H]3O)O[C@H](CO)[C@H]2O)[C@H](O)[C@H](O)[C@H]1O. The third-order valence-electron chi connectivity index (χ3n) is 21.1. The van der Waals surface area contributed by atoms with Crippen molar-refractivity contribution in [2.45, 2.75) is 307 Å². The average molecular weight is 1770 g/mol. The summed E-state index contributed by atoms with van der Waals surface area (Å²) in [4.78, 5) is 55.3. The Bertz CT molecular complexity index is 3200. The molecule has 0 amide bonds. The Hall–Kier alpha value is -2.15. The predicted octanol–water partition coefficient (Wildman–Crippen LogP) is -21.6. The van der Waals surface area contributed by atoms with E-state index in [1.54, 1.807) is 0 Å². The summed E-state index contributed by atoms with van der Waals surface area (Å²) in [6, 6.07) is -5.49. The van der Waals surface area contributed by atoms with Crippen molar-refractivity contribution >= 4 is 21.6 Å². The molecule has 38 N–H and O–H groups in total. The van der Waals surface area contributed by atoms with Crippen LogP contribution in [0.4, 0.5) is 0 Å². The molecular formula is C59H106N4O52P2. The van der Waals surface area contributed by atoms with E-state index in [2.05, 4.69) is 0 Å². The summed E-state index contributed by atoms with van der Waals surface area (Å²) in [5.74, 6) is -6.05. The van der Waals surface area contributed by atoms with E-state index in [9.17, 15) is 166 Å². The van der Waals surface area contributed by atoms with Crippen LogP contribution < -0.4 is 22.9 Å². The lowest BCUT2D eigenvalue weighted by molar-refractivity contribution is -0.407. The lowest BCUT2D eigenvalue weighted by Crippen LogP contribution is -2.70.